The van der Waals surface area contributed by atoms with Crippen molar-refractivity contribution in [1.82, 2.24) is 10.3 Å². The molecule has 0 aliphatic rings. The highest BCUT2D eigenvalue weighted by Crippen LogP contribution is 2.21. The molecule has 0 fully saturated rings. The molecule has 0 bridgehead atoms. The van der Waals surface area contributed by atoms with E-state index in [0.29, 0.717) is 11.1 Å². The lowest BCUT2D eigenvalue weighted by molar-refractivity contribution is -0.137. The van der Waals surface area contributed by atoms with E-state index in [-0.39, 0.29) is 25.2 Å². The van der Waals surface area contributed by atoms with Crippen LogP contribution >= 0.6 is 0 Å². The lowest BCUT2D eigenvalue weighted by Gasteiger charge is -2.11. The minimum atomic E-state index is -4.21. The minimum absolute atomic E-state index is 0.0277. The van der Waals surface area contributed by atoms with Gasteiger partial charge in [-0.1, -0.05) is 18.2 Å². The highest BCUT2D eigenvalue weighted by atomic mass is 32.2. The molecule has 2 aromatic rings. The Morgan fingerprint density at radius 3 is 2.54 bits per heavy atom. The van der Waals surface area contributed by atoms with Crippen molar-refractivity contribution in [2.45, 2.75) is 24.7 Å². The number of ether oxygens (including phenoxy) is 1. The number of amides is 1. The molecule has 0 saturated heterocycles. The van der Waals surface area contributed by atoms with E-state index in [2.05, 4.69) is 5.43 Å². The molecule has 0 aliphatic heterocycles. The van der Waals surface area contributed by atoms with Gasteiger partial charge in [0, 0.05) is 12.0 Å². The monoisotopic (exact) mass is 410 g/mol. The van der Waals surface area contributed by atoms with E-state index in [1.807, 2.05) is 4.83 Å². The van der Waals surface area contributed by atoms with Crippen LogP contribution < -0.4 is 15.0 Å². The van der Waals surface area contributed by atoms with Gasteiger partial charge in [0.25, 0.3) is 15.9 Å². The number of carboxylic acids is 1. The average Bonchev–Trinajstić information content (AvgIpc) is 2.64. The van der Waals surface area contributed by atoms with Gasteiger partial charge in [-0.05, 0) is 43.2 Å². The van der Waals surface area contributed by atoms with Crippen LogP contribution in [0, 0.1) is 12.7 Å². The molecule has 3 N–H and O–H groups in total. The second-order valence-electron chi connectivity index (χ2n) is 5.81. The van der Waals surface area contributed by atoms with Crippen molar-refractivity contribution in [1.29, 1.82) is 0 Å². The topological polar surface area (TPSA) is 122 Å². The molecule has 0 heterocycles. The summed E-state index contributed by atoms with van der Waals surface area (Å²) in [5.41, 5.74) is 3.03. The van der Waals surface area contributed by atoms with Crippen LogP contribution in [0.1, 0.15) is 28.8 Å². The average molecular weight is 410 g/mol. The molecule has 10 heteroatoms. The molecule has 0 radical (unpaired) electrons. The zero-order valence-electron chi connectivity index (χ0n) is 14.9. The quantitative estimate of drug-likeness (QED) is 0.429. The van der Waals surface area contributed by atoms with Crippen LogP contribution in [-0.4, -0.2) is 32.0 Å². The van der Waals surface area contributed by atoms with Crippen LogP contribution in [0.3, 0.4) is 0 Å². The first kappa shape index (κ1) is 21.3. The first-order valence-electron chi connectivity index (χ1n) is 8.22. The molecular weight excluding hydrogens is 391 g/mol. The van der Waals surface area contributed by atoms with E-state index in [1.54, 1.807) is 25.1 Å². The molecule has 1 amide bonds. The lowest BCUT2D eigenvalue weighted by atomic mass is 10.1. The predicted octanol–water partition coefficient (Wildman–Crippen LogP) is 2.00. The molecule has 8 nitrogen and oxygen atoms in total. The third kappa shape index (κ3) is 5.76. The number of benzene rings is 2. The van der Waals surface area contributed by atoms with Gasteiger partial charge in [0.15, 0.2) is 11.6 Å². The van der Waals surface area contributed by atoms with Gasteiger partial charge in [-0.2, -0.15) is 0 Å². The number of carbonyl (C=O) groups is 2. The summed E-state index contributed by atoms with van der Waals surface area (Å²) in [7, 11) is -4.21. The largest absolute Gasteiger partial charge is 0.491 e. The van der Waals surface area contributed by atoms with Crippen molar-refractivity contribution in [3.63, 3.8) is 0 Å². The predicted molar refractivity (Wildman–Crippen MR) is 97.7 cm³/mol. The number of nitrogens with one attached hydrogen (secondary N) is 2. The third-order valence-corrected chi connectivity index (χ3v) is 4.94. The summed E-state index contributed by atoms with van der Waals surface area (Å²) in [5, 5.41) is 8.54. The molecule has 0 aromatic heterocycles. The molecule has 28 heavy (non-hydrogen) atoms. The number of aliphatic carboxylic acids is 1. The minimum Gasteiger partial charge on any atom is -0.491 e. The number of carboxylic acid groups (broad SMARTS) is 1. The first-order valence-corrected chi connectivity index (χ1v) is 9.71. The van der Waals surface area contributed by atoms with Crippen molar-refractivity contribution in [2.75, 3.05) is 6.61 Å². The van der Waals surface area contributed by atoms with Crippen LogP contribution in [0.2, 0.25) is 0 Å². The van der Waals surface area contributed by atoms with Crippen LogP contribution in [0.4, 0.5) is 4.39 Å². The number of hydrogen-bond acceptors (Lipinski definition) is 5. The maximum absolute atomic E-state index is 14.1. The number of carbonyl (C=O) groups excluding carboxylic acids is 1. The van der Waals surface area contributed by atoms with Gasteiger partial charge < -0.3 is 9.84 Å². The number of hydrogen-bond donors (Lipinski definition) is 3. The van der Waals surface area contributed by atoms with Gasteiger partial charge in [0.05, 0.1) is 11.5 Å². The zero-order valence-corrected chi connectivity index (χ0v) is 15.8. The second kappa shape index (κ2) is 9.29. The standard InChI is InChI=1S/C18H19FN2O6S/c1-12-5-2-3-6-14(12)18(24)20-21-28(25,26)13-8-9-16(15(19)11-13)27-10-4-7-17(22)23/h2-3,5-6,8-9,11,21H,4,7,10H2,1H3,(H,20,24)(H,22,23). The number of halogens is 1. The van der Waals surface area contributed by atoms with E-state index < -0.39 is 32.6 Å². The zero-order chi connectivity index (χ0) is 20.7. The molecule has 2 aromatic carbocycles. The molecule has 0 unspecified atom stereocenters. The number of rotatable bonds is 9. The maximum Gasteiger partial charge on any atom is 0.303 e. The number of hydrazine groups is 1. The fraction of sp³-hybridized carbons (Fsp3) is 0.222. The Bertz CT molecular complexity index is 978. The number of aryl methyl sites for hydroxylation is 1. The van der Waals surface area contributed by atoms with Crippen LogP contribution in [0.15, 0.2) is 47.4 Å². The Kier molecular flexibility index (Phi) is 7.07. The Labute approximate surface area is 161 Å². The van der Waals surface area contributed by atoms with E-state index in [4.69, 9.17) is 9.84 Å². The summed E-state index contributed by atoms with van der Waals surface area (Å²) in [6.45, 7) is 1.67. The van der Waals surface area contributed by atoms with Gasteiger partial charge in [0.1, 0.15) is 0 Å². The van der Waals surface area contributed by atoms with Crippen LogP contribution in [0.5, 0.6) is 5.75 Å². The van der Waals surface area contributed by atoms with Gasteiger partial charge in [0.2, 0.25) is 0 Å². The second-order valence-corrected chi connectivity index (χ2v) is 7.49. The van der Waals surface area contributed by atoms with Crippen LogP contribution in [0.25, 0.3) is 0 Å². The Morgan fingerprint density at radius 1 is 1.18 bits per heavy atom. The molecule has 0 saturated carbocycles. The van der Waals surface area contributed by atoms with Gasteiger partial charge >= 0.3 is 5.97 Å². The Balaban J connectivity index is 2.01. The van der Waals surface area contributed by atoms with Crippen molar-refractivity contribution in [3.05, 3.63) is 59.4 Å². The van der Waals surface area contributed by atoms with Gasteiger partial charge in [-0.15, -0.1) is 4.83 Å². The third-order valence-electron chi connectivity index (χ3n) is 3.69. The number of sulfonamides is 1. The SMILES string of the molecule is Cc1ccccc1C(=O)NNS(=O)(=O)c1ccc(OCCCC(=O)O)c(F)c1. The molecular formula is C18H19FN2O6S. The highest BCUT2D eigenvalue weighted by molar-refractivity contribution is 7.89. The van der Waals surface area contributed by atoms with E-state index in [1.165, 1.54) is 6.07 Å². The van der Waals surface area contributed by atoms with Crippen molar-refractivity contribution in [3.8, 4) is 5.75 Å². The summed E-state index contributed by atoms with van der Waals surface area (Å²) >= 11 is 0. The highest BCUT2D eigenvalue weighted by Gasteiger charge is 2.18. The smallest absolute Gasteiger partial charge is 0.303 e. The fourth-order valence-corrected chi connectivity index (χ4v) is 3.09. The summed E-state index contributed by atoms with van der Waals surface area (Å²) in [6.07, 6.45) is 0.0555. The maximum atomic E-state index is 14.1. The normalized spacial score (nSPS) is 11.1. The van der Waals surface area contributed by atoms with Gasteiger partial charge in [-0.3, -0.25) is 15.0 Å². The molecule has 0 atom stereocenters. The summed E-state index contributed by atoms with van der Waals surface area (Å²) in [6, 6.07) is 9.59. The van der Waals surface area contributed by atoms with Crippen molar-refractivity contribution >= 4 is 21.9 Å². The molecule has 150 valence electrons. The van der Waals surface area contributed by atoms with E-state index in [9.17, 15) is 22.4 Å². The summed E-state index contributed by atoms with van der Waals surface area (Å²) in [4.78, 5) is 24.0. The summed E-state index contributed by atoms with van der Waals surface area (Å²) < 4.78 is 43.7. The van der Waals surface area contributed by atoms with Crippen molar-refractivity contribution in [2.24, 2.45) is 0 Å². The first-order chi connectivity index (χ1) is 13.2. The van der Waals surface area contributed by atoms with E-state index >= 15 is 0 Å². The molecule has 2 rings (SSSR count). The van der Waals surface area contributed by atoms with Crippen LogP contribution in [-0.2, 0) is 14.8 Å². The fourth-order valence-electron chi connectivity index (χ4n) is 2.24. The lowest BCUT2D eigenvalue weighted by Crippen LogP contribution is -2.41. The Morgan fingerprint density at radius 2 is 1.89 bits per heavy atom. The van der Waals surface area contributed by atoms with Gasteiger partial charge in [-0.25, -0.2) is 12.8 Å². The molecule has 0 aliphatic carbocycles. The Hall–Kier alpha value is -2.98. The van der Waals surface area contributed by atoms with Crippen molar-refractivity contribution < 1.29 is 32.2 Å². The van der Waals surface area contributed by atoms with E-state index in [0.717, 1.165) is 18.2 Å². The summed E-state index contributed by atoms with van der Waals surface area (Å²) in [5.74, 6) is -2.78. The molecule has 0 spiro atoms.